The molecule has 0 radical (unpaired) electrons. The predicted octanol–water partition coefficient (Wildman–Crippen LogP) is 1.64. The molecular weight excluding hydrogens is 324 g/mol. The van der Waals surface area contributed by atoms with Crippen molar-refractivity contribution in [2.75, 3.05) is 6.54 Å². The van der Waals surface area contributed by atoms with Crippen LogP contribution in [0.5, 0.6) is 0 Å². The van der Waals surface area contributed by atoms with Crippen LogP contribution in [0.3, 0.4) is 0 Å². The van der Waals surface area contributed by atoms with Crippen molar-refractivity contribution in [3.8, 4) is 0 Å². The Morgan fingerprint density at radius 3 is 2.18 bits per heavy atom. The molecule has 0 atom stereocenters. The number of aryl methyl sites for hydroxylation is 1. The molecule has 0 amide bonds. The molecule has 0 fully saturated rings. The molecule has 0 aliphatic rings. The van der Waals surface area contributed by atoms with Crippen molar-refractivity contribution >= 4 is 20.0 Å². The van der Waals surface area contributed by atoms with Crippen LogP contribution >= 0.6 is 0 Å². The second-order valence-electron chi connectivity index (χ2n) is 4.82. The van der Waals surface area contributed by atoms with E-state index in [1.807, 2.05) is 0 Å². The van der Waals surface area contributed by atoms with Gasteiger partial charge in [0.1, 0.15) is 4.90 Å². The number of hydrogen-bond donors (Lipinski definition) is 1. The van der Waals surface area contributed by atoms with Gasteiger partial charge in [0.05, 0.1) is 10.6 Å². The van der Waals surface area contributed by atoms with E-state index >= 15 is 0 Å². The fraction of sp³-hybridized carbons (Fsp3) is 0.286. The van der Waals surface area contributed by atoms with E-state index in [4.69, 9.17) is 0 Å². The molecule has 0 unspecified atom stereocenters. The summed E-state index contributed by atoms with van der Waals surface area (Å²) in [5, 5.41) is 0. The van der Waals surface area contributed by atoms with Crippen molar-refractivity contribution in [3.63, 3.8) is 0 Å². The van der Waals surface area contributed by atoms with Crippen LogP contribution in [0.15, 0.2) is 46.2 Å². The Balaban J connectivity index is 2.67. The largest absolute Gasteiger partial charge is 0.268 e. The van der Waals surface area contributed by atoms with Crippen molar-refractivity contribution < 1.29 is 16.8 Å². The number of aromatic nitrogens is 1. The first kappa shape index (κ1) is 16.7. The first-order valence-corrected chi connectivity index (χ1v) is 9.63. The average molecular weight is 342 g/mol. The summed E-state index contributed by atoms with van der Waals surface area (Å²) < 4.78 is 53.2. The molecule has 0 spiro atoms. The maximum Gasteiger partial charge on any atom is 0.268 e. The van der Waals surface area contributed by atoms with Crippen molar-refractivity contribution in [3.05, 3.63) is 47.8 Å². The van der Waals surface area contributed by atoms with Gasteiger partial charge in [-0.05, 0) is 32.0 Å². The quantitative estimate of drug-likeness (QED) is 0.895. The number of hydrogen-bond acceptors (Lipinski definition) is 4. The fourth-order valence-corrected chi connectivity index (χ4v) is 5.33. The van der Waals surface area contributed by atoms with Gasteiger partial charge >= 0.3 is 0 Å². The Morgan fingerprint density at radius 2 is 1.64 bits per heavy atom. The van der Waals surface area contributed by atoms with E-state index in [0.29, 0.717) is 5.69 Å². The predicted molar refractivity (Wildman–Crippen MR) is 83.8 cm³/mol. The Bertz CT molecular complexity index is 882. The molecule has 22 heavy (non-hydrogen) atoms. The number of nitrogens with one attached hydrogen (secondary N) is 1. The zero-order valence-corrected chi connectivity index (χ0v) is 14.2. The highest BCUT2D eigenvalue weighted by Crippen LogP contribution is 2.25. The van der Waals surface area contributed by atoms with Gasteiger partial charge in [-0.15, -0.1) is 0 Å². The van der Waals surface area contributed by atoms with Crippen LogP contribution in [0.25, 0.3) is 0 Å². The minimum Gasteiger partial charge on any atom is -0.242 e. The monoisotopic (exact) mass is 342 g/mol. The second kappa shape index (κ2) is 5.86. The Labute approximate surface area is 130 Å². The van der Waals surface area contributed by atoms with Crippen molar-refractivity contribution in [1.29, 1.82) is 0 Å². The lowest BCUT2D eigenvalue weighted by Crippen LogP contribution is -2.24. The normalized spacial score (nSPS) is 12.5. The smallest absolute Gasteiger partial charge is 0.242 e. The third-order valence-electron chi connectivity index (χ3n) is 3.23. The molecule has 1 heterocycles. The van der Waals surface area contributed by atoms with E-state index < -0.39 is 20.0 Å². The van der Waals surface area contributed by atoms with Crippen LogP contribution in [0.4, 0.5) is 0 Å². The van der Waals surface area contributed by atoms with Gasteiger partial charge < -0.3 is 0 Å². The molecule has 0 saturated carbocycles. The summed E-state index contributed by atoms with van der Waals surface area (Å²) in [5.74, 6) is 0. The molecule has 0 aliphatic carbocycles. The Kier molecular flexibility index (Phi) is 4.46. The summed E-state index contributed by atoms with van der Waals surface area (Å²) in [6, 6.07) is 9.29. The summed E-state index contributed by atoms with van der Waals surface area (Å²) in [6.07, 6.45) is 0. The number of benzene rings is 1. The molecule has 8 heteroatoms. The third kappa shape index (κ3) is 2.81. The third-order valence-corrected chi connectivity index (χ3v) is 6.80. The van der Waals surface area contributed by atoms with E-state index in [2.05, 4.69) is 4.72 Å². The van der Waals surface area contributed by atoms with Gasteiger partial charge in [0.15, 0.2) is 0 Å². The maximum absolute atomic E-state index is 12.7. The average Bonchev–Trinajstić information content (AvgIpc) is 2.76. The second-order valence-corrected chi connectivity index (χ2v) is 8.34. The zero-order valence-electron chi connectivity index (χ0n) is 12.6. The summed E-state index contributed by atoms with van der Waals surface area (Å²) >= 11 is 0. The number of nitrogens with zero attached hydrogens (tertiary/aromatic N) is 1. The van der Waals surface area contributed by atoms with E-state index in [-0.39, 0.29) is 22.0 Å². The van der Waals surface area contributed by atoms with Gasteiger partial charge in [-0.25, -0.2) is 25.5 Å². The van der Waals surface area contributed by atoms with Crippen molar-refractivity contribution in [1.82, 2.24) is 8.69 Å². The summed E-state index contributed by atoms with van der Waals surface area (Å²) in [5.41, 5.74) is 0.514. The fourth-order valence-electron chi connectivity index (χ4n) is 2.32. The van der Waals surface area contributed by atoms with Gasteiger partial charge in [-0.1, -0.05) is 25.1 Å². The van der Waals surface area contributed by atoms with Crippen LogP contribution in [-0.2, 0) is 20.0 Å². The summed E-state index contributed by atoms with van der Waals surface area (Å²) in [6.45, 7) is 4.95. The van der Waals surface area contributed by atoms with Gasteiger partial charge in [-0.3, -0.25) is 0 Å². The Hall–Kier alpha value is -1.64. The van der Waals surface area contributed by atoms with E-state index in [9.17, 15) is 16.8 Å². The lowest BCUT2D eigenvalue weighted by Gasteiger charge is -2.11. The van der Waals surface area contributed by atoms with E-state index in [0.717, 1.165) is 3.97 Å². The topological polar surface area (TPSA) is 85.2 Å². The minimum atomic E-state index is -3.83. The van der Waals surface area contributed by atoms with Crippen LogP contribution in [0.1, 0.15) is 18.3 Å². The number of rotatable bonds is 5. The standard InChI is InChI=1S/C14H18N2O4S2/c1-4-15-21(17,18)14-10-11(2)16(12(14)3)22(19,20)13-8-6-5-7-9-13/h5-10,15H,4H2,1-3H3. The summed E-state index contributed by atoms with van der Waals surface area (Å²) in [7, 11) is -7.55. The zero-order chi connectivity index (χ0) is 16.5. The van der Waals surface area contributed by atoms with E-state index in [1.165, 1.54) is 25.1 Å². The molecule has 1 aromatic heterocycles. The summed E-state index contributed by atoms with van der Waals surface area (Å²) in [4.78, 5) is 0.0931. The van der Waals surface area contributed by atoms with Crippen LogP contribution < -0.4 is 4.72 Å². The molecule has 6 nitrogen and oxygen atoms in total. The SMILES string of the molecule is CCNS(=O)(=O)c1cc(C)n(S(=O)(=O)c2ccccc2)c1C. The molecule has 0 saturated heterocycles. The van der Waals surface area contributed by atoms with Crippen LogP contribution in [0, 0.1) is 13.8 Å². The molecule has 0 aliphatic heterocycles. The molecule has 120 valence electrons. The number of sulfonamides is 1. The molecule has 0 bridgehead atoms. The molecule has 2 aromatic rings. The minimum absolute atomic E-state index is 0.0219. The molecule has 2 rings (SSSR count). The van der Waals surface area contributed by atoms with E-state index in [1.54, 1.807) is 32.0 Å². The van der Waals surface area contributed by atoms with Gasteiger partial charge in [0, 0.05) is 12.2 Å². The van der Waals surface area contributed by atoms with Gasteiger partial charge in [-0.2, -0.15) is 0 Å². The highest BCUT2D eigenvalue weighted by atomic mass is 32.2. The molecule has 1 aromatic carbocycles. The van der Waals surface area contributed by atoms with Gasteiger partial charge in [0.25, 0.3) is 10.0 Å². The van der Waals surface area contributed by atoms with Crippen molar-refractivity contribution in [2.45, 2.75) is 30.6 Å². The maximum atomic E-state index is 12.7. The Morgan fingerprint density at radius 1 is 1.05 bits per heavy atom. The molecule has 1 N–H and O–H groups in total. The first-order chi connectivity index (χ1) is 10.2. The lowest BCUT2D eigenvalue weighted by atomic mass is 10.4. The first-order valence-electron chi connectivity index (χ1n) is 6.71. The molecular formula is C14H18N2O4S2. The lowest BCUT2D eigenvalue weighted by molar-refractivity contribution is 0.582. The highest BCUT2D eigenvalue weighted by Gasteiger charge is 2.27. The highest BCUT2D eigenvalue weighted by molar-refractivity contribution is 7.90. The van der Waals surface area contributed by atoms with Crippen LogP contribution in [0.2, 0.25) is 0 Å². The van der Waals surface area contributed by atoms with Gasteiger partial charge in [0.2, 0.25) is 10.0 Å². The van der Waals surface area contributed by atoms with Crippen molar-refractivity contribution in [2.24, 2.45) is 0 Å². The van der Waals surface area contributed by atoms with Crippen LogP contribution in [-0.4, -0.2) is 27.4 Å².